The second-order valence-electron chi connectivity index (χ2n) is 4.66. The Labute approximate surface area is 102 Å². The van der Waals surface area contributed by atoms with Gasteiger partial charge in [-0.25, -0.2) is 0 Å². The largest absolute Gasteiger partial charge is 0.374 e. The van der Waals surface area contributed by atoms with Crippen LogP contribution in [0.1, 0.15) is 36.8 Å². The first-order valence-corrected chi connectivity index (χ1v) is 6.14. The summed E-state index contributed by atoms with van der Waals surface area (Å²) in [4.78, 5) is 0. The number of ether oxygens (including phenoxy) is 1. The molecule has 0 aliphatic heterocycles. The summed E-state index contributed by atoms with van der Waals surface area (Å²) in [6.07, 6.45) is 4.56. The van der Waals surface area contributed by atoms with E-state index in [4.69, 9.17) is 15.7 Å². The molecule has 90 valence electrons. The number of hydrogen-bond donors (Lipinski definition) is 1. The lowest BCUT2D eigenvalue weighted by atomic mass is 9.94. The fourth-order valence-corrected chi connectivity index (χ4v) is 2.20. The summed E-state index contributed by atoms with van der Waals surface area (Å²) in [6, 6.07) is 10.1. The third kappa shape index (κ3) is 3.55. The molecule has 0 bridgehead atoms. The molecule has 0 amide bonds. The molecule has 0 heterocycles. The third-order valence-electron chi connectivity index (χ3n) is 3.26. The van der Waals surface area contributed by atoms with Crippen molar-refractivity contribution < 1.29 is 4.74 Å². The van der Waals surface area contributed by atoms with E-state index in [-0.39, 0.29) is 0 Å². The molecule has 1 aliphatic carbocycles. The quantitative estimate of drug-likeness (QED) is 0.867. The van der Waals surface area contributed by atoms with Gasteiger partial charge in [0.25, 0.3) is 0 Å². The highest BCUT2D eigenvalue weighted by molar-refractivity contribution is 5.32. The smallest absolute Gasteiger partial charge is 0.0991 e. The number of rotatable bonds is 3. The molecule has 1 aromatic carbocycles. The van der Waals surface area contributed by atoms with Crippen molar-refractivity contribution in [2.24, 2.45) is 5.73 Å². The van der Waals surface area contributed by atoms with Crippen LogP contribution in [0.2, 0.25) is 0 Å². The molecule has 0 saturated heterocycles. The van der Waals surface area contributed by atoms with Crippen LogP contribution in [0, 0.1) is 11.3 Å². The summed E-state index contributed by atoms with van der Waals surface area (Å²) < 4.78 is 5.85. The van der Waals surface area contributed by atoms with Crippen molar-refractivity contribution in [3.63, 3.8) is 0 Å². The Kier molecular flexibility index (Phi) is 4.13. The second-order valence-corrected chi connectivity index (χ2v) is 4.66. The predicted octanol–water partition coefficient (Wildman–Crippen LogP) is 2.34. The van der Waals surface area contributed by atoms with Crippen molar-refractivity contribution in [3.8, 4) is 6.07 Å². The van der Waals surface area contributed by atoms with Crippen molar-refractivity contribution in [1.82, 2.24) is 0 Å². The standard InChI is InChI=1S/C14H18N2O/c15-9-11-2-1-3-12(8-11)10-17-14-6-4-13(16)5-7-14/h1-3,8,13-14H,4-7,10,16H2. The van der Waals surface area contributed by atoms with E-state index < -0.39 is 0 Å². The Morgan fingerprint density at radius 1 is 1.29 bits per heavy atom. The third-order valence-corrected chi connectivity index (χ3v) is 3.26. The van der Waals surface area contributed by atoms with Gasteiger partial charge in [0.05, 0.1) is 24.3 Å². The normalized spacial score (nSPS) is 24.2. The first kappa shape index (κ1) is 12.1. The molecular formula is C14H18N2O. The van der Waals surface area contributed by atoms with E-state index in [2.05, 4.69) is 6.07 Å². The average Bonchev–Trinajstić information content (AvgIpc) is 2.38. The summed E-state index contributed by atoms with van der Waals surface area (Å²) in [7, 11) is 0. The lowest BCUT2D eigenvalue weighted by Gasteiger charge is -2.26. The molecular weight excluding hydrogens is 212 g/mol. The zero-order valence-electron chi connectivity index (χ0n) is 9.93. The molecule has 1 fully saturated rings. The zero-order valence-corrected chi connectivity index (χ0v) is 9.93. The van der Waals surface area contributed by atoms with E-state index in [9.17, 15) is 0 Å². The van der Waals surface area contributed by atoms with Gasteiger partial charge in [-0.15, -0.1) is 0 Å². The Morgan fingerprint density at radius 2 is 2.06 bits per heavy atom. The monoisotopic (exact) mass is 230 g/mol. The summed E-state index contributed by atoms with van der Waals surface area (Å²) in [5.41, 5.74) is 7.61. The van der Waals surface area contributed by atoms with Gasteiger partial charge in [0.1, 0.15) is 0 Å². The molecule has 2 N–H and O–H groups in total. The number of benzene rings is 1. The molecule has 0 aromatic heterocycles. The van der Waals surface area contributed by atoms with Crippen LogP contribution in [0.5, 0.6) is 0 Å². The summed E-state index contributed by atoms with van der Waals surface area (Å²) in [5, 5.41) is 8.80. The molecule has 0 atom stereocenters. The zero-order chi connectivity index (χ0) is 12.1. The maximum atomic E-state index is 8.80. The van der Waals surface area contributed by atoms with Gasteiger partial charge in [-0.1, -0.05) is 12.1 Å². The van der Waals surface area contributed by atoms with Crippen LogP contribution in [0.15, 0.2) is 24.3 Å². The maximum absolute atomic E-state index is 8.80. The Hall–Kier alpha value is -1.37. The minimum Gasteiger partial charge on any atom is -0.374 e. The molecule has 1 saturated carbocycles. The second kappa shape index (κ2) is 5.81. The fraction of sp³-hybridized carbons (Fsp3) is 0.500. The van der Waals surface area contributed by atoms with Crippen LogP contribution in [0.3, 0.4) is 0 Å². The van der Waals surface area contributed by atoms with Crippen LogP contribution in [0.25, 0.3) is 0 Å². The first-order valence-electron chi connectivity index (χ1n) is 6.14. The highest BCUT2D eigenvalue weighted by Gasteiger charge is 2.18. The van der Waals surface area contributed by atoms with Gasteiger partial charge in [-0.05, 0) is 43.4 Å². The molecule has 3 heteroatoms. The molecule has 3 nitrogen and oxygen atoms in total. The minimum absolute atomic E-state index is 0.334. The highest BCUT2D eigenvalue weighted by atomic mass is 16.5. The van der Waals surface area contributed by atoms with Gasteiger partial charge in [0.15, 0.2) is 0 Å². The van der Waals surface area contributed by atoms with Gasteiger partial charge in [0, 0.05) is 6.04 Å². The summed E-state index contributed by atoms with van der Waals surface area (Å²) >= 11 is 0. The Morgan fingerprint density at radius 3 is 2.76 bits per heavy atom. The van der Waals surface area contributed by atoms with Crippen LogP contribution < -0.4 is 5.73 Å². The van der Waals surface area contributed by atoms with Crippen molar-refractivity contribution in [3.05, 3.63) is 35.4 Å². The van der Waals surface area contributed by atoms with Gasteiger partial charge < -0.3 is 10.5 Å². The maximum Gasteiger partial charge on any atom is 0.0991 e. The molecule has 1 aromatic rings. The van der Waals surface area contributed by atoms with E-state index in [1.165, 1.54) is 0 Å². The molecule has 2 rings (SSSR count). The van der Waals surface area contributed by atoms with E-state index in [1.54, 1.807) is 0 Å². The van der Waals surface area contributed by atoms with Gasteiger partial charge in [-0.2, -0.15) is 5.26 Å². The van der Waals surface area contributed by atoms with Crippen LogP contribution in [-0.2, 0) is 11.3 Å². The number of hydrogen-bond acceptors (Lipinski definition) is 3. The molecule has 0 radical (unpaired) electrons. The Bertz CT molecular complexity index is 403. The summed E-state index contributed by atoms with van der Waals surface area (Å²) in [6.45, 7) is 0.593. The lowest BCUT2D eigenvalue weighted by molar-refractivity contribution is 0.0138. The average molecular weight is 230 g/mol. The van der Waals surface area contributed by atoms with Crippen molar-refractivity contribution >= 4 is 0 Å². The van der Waals surface area contributed by atoms with Crippen molar-refractivity contribution in [2.45, 2.75) is 44.4 Å². The van der Waals surface area contributed by atoms with E-state index in [0.717, 1.165) is 31.2 Å². The SMILES string of the molecule is N#Cc1cccc(COC2CCC(N)CC2)c1. The highest BCUT2D eigenvalue weighted by Crippen LogP contribution is 2.21. The number of nitrogens with zero attached hydrogens (tertiary/aromatic N) is 1. The predicted molar refractivity (Wildman–Crippen MR) is 66.2 cm³/mol. The van der Waals surface area contributed by atoms with E-state index in [0.29, 0.717) is 24.3 Å². The van der Waals surface area contributed by atoms with Gasteiger partial charge in [0.2, 0.25) is 0 Å². The van der Waals surface area contributed by atoms with Gasteiger partial charge in [-0.3, -0.25) is 0 Å². The molecule has 0 spiro atoms. The van der Waals surface area contributed by atoms with Crippen LogP contribution in [-0.4, -0.2) is 12.1 Å². The first-order chi connectivity index (χ1) is 8.28. The molecule has 0 unspecified atom stereocenters. The topological polar surface area (TPSA) is 59.0 Å². The number of nitrogens with two attached hydrogens (primary N) is 1. The molecule has 1 aliphatic rings. The van der Waals surface area contributed by atoms with E-state index in [1.807, 2.05) is 24.3 Å². The molecule has 17 heavy (non-hydrogen) atoms. The minimum atomic E-state index is 0.334. The number of nitriles is 1. The van der Waals surface area contributed by atoms with Gasteiger partial charge >= 0.3 is 0 Å². The Balaban J connectivity index is 1.83. The summed E-state index contributed by atoms with van der Waals surface area (Å²) in [5.74, 6) is 0. The van der Waals surface area contributed by atoms with Crippen LogP contribution in [0.4, 0.5) is 0 Å². The van der Waals surface area contributed by atoms with Crippen LogP contribution >= 0.6 is 0 Å². The van der Waals surface area contributed by atoms with Crippen molar-refractivity contribution in [2.75, 3.05) is 0 Å². The lowest BCUT2D eigenvalue weighted by Crippen LogP contribution is -2.30. The fourth-order valence-electron chi connectivity index (χ4n) is 2.20. The van der Waals surface area contributed by atoms with E-state index >= 15 is 0 Å². The van der Waals surface area contributed by atoms with Crippen molar-refractivity contribution in [1.29, 1.82) is 5.26 Å².